The fourth-order valence-corrected chi connectivity index (χ4v) is 3.18. The van der Waals surface area contributed by atoms with Gasteiger partial charge in [0.1, 0.15) is 0 Å². The summed E-state index contributed by atoms with van der Waals surface area (Å²) < 4.78 is 0.907. The summed E-state index contributed by atoms with van der Waals surface area (Å²) in [5, 5.41) is 14.3. The van der Waals surface area contributed by atoms with Crippen LogP contribution in [0, 0.1) is 5.21 Å². The van der Waals surface area contributed by atoms with Crippen LogP contribution in [0.1, 0.15) is 48.5 Å². The number of benzene rings is 2. The van der Waals surface area contributed by atoms with E-state index in [1.165, 1.54) is 12.8 Å². The summed E-state index contributed by atoms with van der Waals surface area (Å²) in [5.74, 6) is 0. The number of unbranched alkanes of at least 4 members (excludes halogenated alkanes) is 3. The molecule has 3 aromatic rings. The zero-order valence-corrected chi connectivity index (χ0v) is 12.8. The van der Waals surface area contributed by atoms with E-state index in [-0.39, 0.29) is 0 Å². The first-order chi connectivity index (χ1) is 10.8. The fourth-order valence-electron chi connectivity index (χ4n) is 3.18. The summed E-state index contributed by atoms with van der Waals surface area (Å²) in [7, 11) is 0. The second-order valence-corrected chi connectivity index (χ2v) is 5.77. The van der Waals surface area contributed by atoms with Crippen LogP contribution in [0.4, 0.5) is 0 Å². The summed E-state index contributed by atoms with van der Waals surface area (Å²) in [5.41, 5.74) is 2.69. The van der Waals surface area contributed by atoms with Gasteiger partial charge in [-0.25, -0.2) is 0 Å². The molecular weight excluding hydrogens is 274 g/mol. The third-order valence-corrected chi connectivity index (χ3v) is 4.34. The van der Waals surface area contributed by atoms with E-state index in [4.69, 9.17) is 0 Å². The Morgan fingerprint density at radius 2 is 1.86 bits per heavy atom. The molecule has 3 nitrogen and oxygen atoms in total. The zero-order valence-electron chi connectivity index (χ0n) is 12.8. The molecule has 0 unspecified atom stereocenters. The number of rotatable bonds is 6. The van der Waals surface area contributed by atoms with Crippen LogP contribution < -0.4 is 0 Å². The SMILES string of the molecule is CCCCCCc1ccc2c3ccccc3n([O-])c2c1C=O. The average molecular weight is 294 g/mol. The molecule has 1 aromatic heterocycles. The summed E-state index contributed by atoms with van der Waals surface area (Å²) in [4.78, 5) is 11.6. The highest BCUT2D eigenvalue weighted by atomic mass is 16.5. The lowest BCUT2D eigenvalue weighted by molar-refractivity contribution is 0.112. The van der Waals surface area contributed by atoms with Gasteiger partial charge in [-0.2, -0.15) is 0 Å². The predicted octanol–water partition coefficient (Wildman–Crippen LogP) is 5.08. The Labute approximate surface area is 130 Å². The third kappa shape index (κ3) is 2.37. The highest BCUT2D eigenvalue weighted by Crippen LogP contribution is 2.32. The molecule has 3 rings (SSSR count). The quantitative estimate of drug-likeness (QED) is 0.470. The van der Waals surface area contributed by atoms with E-state index in [1.54, 1.807) is 6.07 Å². The number of fused-ring (bicyclic) bond motifs is 3. The number of carbonyl (C=O) groups excluding carboxylic acids is 1. The van der Waals surface area contributed by atoms with Crippen molar-refractivity contribution in [1.29, 1.82) is 0 Å². The fraction of sp³-hybridized carbons (Fsp3) is 0.316. The van der Waals surface area contributed by atoms with E-state index in [9.17, 15) is 10.0 Å². The van der Waals surface area contributed by atoms with E-state index in [0.717, 1.165) is 46.6 Å². The van der Waals surface area contributed by atoms with E-state index >= 15 is 0 Å². The van der Waals surface area contributed by atoms with Crippen LogP contribution in [0.25, 0.3) is 21.8 Å². The summed E-state index contributed by atoms with van der Waals surface area (Å²) >= 11 is 0. The van der Waals surface area contributed by atoms with E-state index in [1.807, 2.05) is 30.3 Å². The number of para-hydroxylation sites is 1. The number of aryl methyl sites for hydroxylation is 1. The number of hydrogen-bond donors (Lipinski definition) is 0. The van der Waals surface area contributed by atoms with Crippen LogP contribution >= 0.6 is 0 Å². The van der Waals surface area contributed by atoms with E-state index in [0.29, 0.717) is 16.6 Å². The van der Waals surface area contributed by atoms with Crippen LogP contribution in [0.15, 0.2) is 36.4 Å². The van der Waals surface area contributed by atoms with Crippen molar-refractivity contribution in [2.45, 2.75) is 39.0 Å². The Hall–Kier alpha value is -2.29. The number of aldehydes is 1. The average Bonchev–Trinajstić information content (AvgIpc) is 2.85. The van der Waals surface area contributed by atoms with Gasteiger partial charge in [0.2, 0.25) is 0 Å². The van der Waals surface area contributed by atoms with Crippen molar-refractivity contribution < 1.29 is 4.79 Å². The maximum Gasteiger partial charge on any atom is 0.152 e. The van der Waals surface area contributed by atoms with Crippen molar-refractivity contribution >= 4 is 28.1 Å². The van der Waals surface area contributed by atoms with Gasteiger partial charge in [0, 0.05) is 21.9 Å². The number of nitrogens with zero attached hydrogens (tertiary/aromatic N) is 1. The van der Waals surface area contributed by atoms with Crippen molar-refractivity contribution in [3.8, 4) is 0 Å². The van der Waals surface area contributed by atoms with Gasteiger partial charge in [-0.1, -0.05) is 56.5 Å². The molecule has 0 saturated carbocycles. The highest BCUT2D eigenvalue weighted by molar-refractivity contribution is 6.13. The number of hydrogen-bond acceptors (Lipinski definition) is 2. The van der Waals surface area contributed by atoms with Crippen LogP contribution in [0.2, 0.25) is 0 Å². The Morgan fingerprint density at radius 3 is 2.64 bits per heavy atom. The minimum atomic E-state index is 0.518. The van der Waals surface area contributed by atoms with Gasteiger partial charge in [0.15, 0.2) is 6.29 Å². The monoisotopic (exact) mass is 294 g/mol. The number of aromatic nitrogens is 1. The molecule has 0 radical (unpaired) electrons. The first kappa shape index (κ1) is 14.6. The van der Waals surface area contributed by atoms with E-state index in [2.05, 4.69) is 6.92 Å². The molecule has 0 spiro atoms. The summed E-state index contributed by atoms with van der Waals surface area (Å²) in [6.07, 6.45) is 6.30. The second-order valence-electron chi connectivity index (χ2n) is 5.77. The largest absolute Gasteiger partial charge is 0.805 e. The lowest BCUT2D eigenvalue weighted by atomic mass is 9.98. The van der Waals surface area contributed by atoms with Gasteiger partial charge < -0.3 is 9.94 Å². The van der Waals surface area contributed by atoms with Crippen LogP contribution in [-0.2, 0) is 6.42 Å². The van der Waals surface area contributed by atoms with Gasteiger partial charge in [-0.15, -0.1) is 0 Å². The Balaban J connectivity index is 2.10. The Kier molecular flexibility index (Phi) is 4.14. The normalized spacial score (nSPS) is 11.3. The van der Waals surface area contributed by atoms with E-state index < -0.39 is 0 Å². The predicted molar refractivity (Wildman–Crippen MR) is 91.4 cm³/mol. The molecule has 2 aromatic carbocycles. The number of carbonyl (C=O) groups is 1. The summed E-state index contributed by atoms with van der Waals surface area (Å²) in [6.45, 7) is 2.18. The maximum absolute atomic E-state index is 12.6. The van der Waals surface area contributed by atoms with Gasteiger partial charge in [0.05, 0.1) is 5.52 Å². The van der Waals surface area contributed by atoms with Gasteiger partial charge in [-0.3, -0.25) is 4.79 Å². The lowest BCUT2D eigenvalue weighted by Crippen LogP contribution is -1.97. The molecule has 0 aliphatic heterocycles. The van der Waals surface area contributed by atoms with Gasteiger partial charge >= 0.3 is 0 Å². The highest BCUT2D eigenvalue weighted by Gasteiger charge is 2.13. The van der Waals surface area contributed by atoms with Crippen molar-refractivity contribution in [2.24, 2.45) is 0 Å². The zero-order chi connectivity index (χ0) is 15.5. The topological polar surface area (TPSA) is 45.1 Å². The van der Waals surface area contributed by atoms with Crippen molar-refractivity contribution in [3.05, 3.63) is 52.7 Å². The second kappa shape index (κ2) is 6.22. The molecule has 0 aliphatic carbocycles. The molecular formula is C19H20NO2-. The lowest BCUT2D eigenvalue weighted by Gasteiger charge is -2.14. The molecule has 0 bridgehead atoms. The molecule has 0 aliphatic rings. The smallest absolute Gasteiger partial charge is 0.152 e. The van der Waals surface area contributed by atoms with Crippen LogP contribution in [0.5, 0.6) is 0 Å². The first-order valence-electron chi connectivity index (χ1n) is 7.95. The molecule has 22 heavy (non-hydrogen) atoms. The minimum absolute atomic E-state index is 0.518. The Morgan fingerprint density at radius 1 is 1.05 bits per heavy atom. The third-order valence-electron chi connectivity index (χ3n) is 4.34. The van der Waals surface area contributed by atoms with Gasteiger partial charge in [-0.05, 0) is 24.5 Å². The van der Waals surface area contributed by atoms with Gasteiger partial charge in [0.25, 0.3) is 0 Å². The first-order valence-corrected chi connectivity index (χ1v) is 7.95. The Bertz CT molecular complexity index is 817. The standard InChI is InChI=1S/C19H20NO2/c1-2-3-4-5-8-14-11-12-16-15-9-6-7-10-18(15)20(22)19(16)17(14)13-21/h6-7,9-13H,2-5,8H2,1H3/q-1. The van der Waals surface area contributed by atoms with Crippen LogP contribution in [0.3, 0.4) is 0 Å². The molecule has 0 N–H and O–H groups in total. The molecule has 0 amide bonds. The van der Waals surface area contributed by atoms with Crippen molar-refractivity contribution in [1.82, 2.24) is 4.73 Å². The molecule has 3 heteroatoms. The molecule has 0 saturated heterocycles. The molecule has 1 heterocycles. The minimum Gasteiger partial charge on any atom is -0.805 e. The summed E-state index contributed by atoms with van der Waals surface area (Å²) in [6, 6.07) is 11.5. The van der Waals surface area contributed by atoms with Crippen LogP contribution in [-0.4, -0.2) is 11.0 Å². The molecule has 0 atom stereocenters. The maximum atomic E-state index is 12.6. The molecule has 0 fully saturated rings. The molecule has 114 valence electrons. The van der Waals surface area contributed by atoms with Crippen molar-refractivity contribution in [2.75, 3.05) is 0 Å². The van der Waals surface area contributed by atoms with Crippen molar-refractivity contribution in [3.63, 3.8) is 0 Å².